The zero-order valence-corrected chi connectivity index (χ0v) is 14.2. The summed E-state index contributed by atoms with van der Waals surface area (Å²) in [5.74, 6) is 1.16. The number of anilines is 2. The number of nitrogens with zero attached hydrogens (tertiary/aromatic N) is 3. The Balaban J connectivity index is 1.45. The van der Waals surface area contributed by atoms with E-state index in [0.29, 0.717) is 17.8 Å². The number of benzene rings is 2. The third-order valence-corrected chi connectivity index (χ3v) is 4.72. The van der Waals surface area contributed by atoms with Gasteiger partial charge >= 0.3 is 0 Å². The lowest BCUT2D eigenvalue weighted by Crippen LogP contribution is -2.41. The Bertz CT molecular complexity index is 849. The fourth-order valence-corrected chi connectivity index (χ4v) is 3.51. The summed E-state index contributed by atoms with van der Waals surface area (Å²) in [6, 6.07) is 18.8. The maximum absolute atomic E-state index is 6.09. The smallest absolute Gasteiger partial charge is 0.225 e. The van der Waals surface area contributed by atoms with Gasteiger partial charge in [-0.1, -0.05) is 42.5 Å². The van der Waals surface area contributed by atoms with Gasteiger partial charge in [-0.25, -0.2) is 4.98 Å². The van der Waals surface area contributed by atoms with E-state index in [9.17, 15) is 0 Å². The predicted molar refractivity (Wildman–Crippen MR) is 102 cm³/mol. The summed E-state index contributed by atoms with van der Waals surface area (Å²) in [4.78, 5) is 11.5. The third-order valence-electron chi connectivity index (χ3n) is 4.72. The molecule has 0 spiro atoms. The van der Waals surface area contributed by atoms with E-state index in [-0.39, 0.29) is 0 Å². The Hall–Kier alpha value is -2.66. The van der Waals surface area contributed by atoms with Crippen molar-refractivity contribution in [1.29, 1.82) is 0 Å². The number of hydrogen-bond acceptors (Lipinski definition) is 5. The molecule has 1 atom stereocenters. The fraction of sp³-hybridized carbons (Fsp3) is 0.300. The lowest BCUT2D eigenvalue weighted by molar-refractivity contribution is 0.208. The molecular weight excluding hydrogens is 310 g/mol. The predicted octanol–water partition coefficient (Wildman–Crippen LogP) is 3.29. The maximum atomic E-state index is 6.09. The number of para-hydroxylation sites is 1. The van der Waals surface area contributed by atoms with E-state index in [1.165, 1.54) is 12.0 Å². The van der Waals surface area contributed by atoms with Gasteiger partial charge in [0.25, 0.3) is 0 Å². The Morgan fingerprint density at radius 1 is 1.04 bits per heavy atom. The standard InChI is InChI=1S/C20H23N5/c21-19-17-10-4-5-11-18(17)23-20(24-19)22-16-9-6-12-25(14-16)13-15-7-2-1-3-8-15/h1-5,7-8,10-11,16H,6,9,12-14H2,(H3,21,22,23,24)/t16-/m0/s1. The van der Waals surface area contributed by atoms with Gasteiger partial charge in [0, 0.05) is 24.5 Å². The first-order chi connectivity index (χ1) is 12.3. The molecule has 2 heterocycles. The number of likely N-dealkylation sites (tertiary alicyclic amines) is 1. The molecule has 3 N–H and O–H groups in total. The maximum Gasteiger partial charge on any atom is 0.225 e. The first-order valence-electron chi connectivity index (χ1n) is 8.83. The van der Waals surface area contributed by atoms with Crippen molar-refractivity contribution in [1.82, 2.24) is 14.9 Å². The van der Waals surface area contributed by atoms with Crippen LogP contribution in [0.3, 0.4) is 0 Å². The zero-order chi connectivity index (χ0) is 17.1. The molecule has 1 aliphatic heterocycles. The van der Waals surface area contributed by atoms with Crippen LogP contribution >= 0.6 is 0 Å². The van der Waals surface area contributed by atoms with E-state index in [1.54, 1.807) is 0 Å². The second kappa shape index (κ2) is 7.07. The average Bonchev–Trinajstić information content (AvgIpc) is 2.63. The van der Waals surface area contributed by atoms with Crippen LogP contribution in [0.1, 0.15) is 18.4 Å². The van der Waals surface area contributed by atoms with Gasteiger partial charge in [0.05, 0.1) is 5.52 Å². The molecule has 5 nitrogen and oxygen atoms in total. The monoisotopic (exact) mass is 333 g/mol. The molecule has 0 bridgehead atoms. The molecule has 25 heavy (non-hydrogen) atoms. The molecule has 4 rings (SSSR count). The van der Waals surface area contributed by atoms with Crippen LogP contribution < -0.4 is 11.1 Å². The minimum Gasteiger partial charge on any atom is -0.383 e. The molecule has 2 aromatic carbocycles. The van der Waals surface area contributed by atoms with Gasteiger partial charge in [0.1, 0.15) is 5.82 Å². The molecule has 0 aliphatic carbocycles. The summed E-state index contributed by atoms with van der Waals surface area (Å²) in [7, 11) is 0. The van der Waals surface area contributed by atoms with Crippen LogP contribution in [-0.4, -0.2) is 34.0 Å². The Morgan fingerprint density at radius 2 is 1.84 bits per heavy atom. The molecule has 3 aromatic rings. The van der Waals surface area contributed by atoms with Crippen molar-refractivity contribution in [3.05, 3.63) is 60.2 Å². The Morgan fingerprint density at radius 3 is 2.72 bits per heavy atom. The highest BCUT2D eigenvalue weighted by Gasteiger charge is 2.21. The van der Waals surface area contributed by atoms with Crippen LogP contribution in [0.2, 0.25) is 0 Å². The number of rotatable bonds is 4. The summed E-state index contributed by atoms with van der Waals surface area (Å²) in [5, 5.41) is 4.39. The lowest BCUT2D eigenvalue weighted by Gasteiger charge is -2.33. The van der Waals surface area contributed by atoms with Gasteiger partial charge in [0.15, 0.2) is 0 Å². The van der Waals surface area contributed by atoms with Crippen LogP contribution in [0.25, 0.3) is 10.9 Å². The summed E-state index contributed by atoms with van der Waals surface area (Å²) in [5.41, 5.74) is 8.33. The summed E-state index contributed by atoms with van der Waals surface area (Å²) in [6.45, 7) is 3.11. The molecular formula is C20H23N5. The van der Waals surface area contributed by atoms with E-state index in [0.717, 1.165) is 37.0 Å². The second-order valence-corrected chi connectivity index (χ2v) is 6.65. The summed E-state index contributed by atoms with van der Waals surface area (Å²) < 4.78 is 0. The van der Waals surface area contributed by atoms with Crippen molar-refractivity contribution in [2.24, 2.45) is 0 Å². The molecule has 1 saturated heterocycles. The number of nitrogen functional groups attached to an aromatic ring is 1. The zero-order valence-electron chi connectivity index (χ0n) is 14.2. The molecule has 0 radical (unpaired) electrons. The third kappa shape index (κ3) is 3.72. The van der Waals surface area contributed by atoms with Crippen molar-refractivity contribution < 1.29 is 0 Å². The van der Waals surface area contributed by atoms with Crippen molar-refractivity contribution in [3.8, 4) is 0 Å². The van der Waals surface area contributed by atoms with Gasteiger partial charge in [-0.2, -0.15) is 4.98 Å². The first-order valence-corrected chi connectivity index (χ1v) is 8.83. The highest BCUT2D eigenvalue weighted by Crippen LogP contribution is 2.21. The minimum absolute atomic E-state index is 0.345. The quantitative estimate of drug-likeness (QED) is 0.767. The Kier molecular flexibility index (Phi) is 4.48. The molecule has 0 saturated carbocycles. The van der Waals surface area contributed by atoms with Gasteiger partial charge in [-0.3, -0.25) is 4.90 Å². The van der Waals surface area contributed by atoms with Crippen LogP contribution in [0, 0.1) is 0 Å². The molecule has 1 aromatic heterocycles. The van der Waals surface area contributed by atoms with Crippen LogP contribution in [-0.2, 0) is 6.54 Å². The van der Waals surface area contributed by atoms with Gasteiger partial charge in [0.2, 0.25) is 5.95 Å². The number of aromatic nitrogens is 2. The number of hydrogen-bond donors (Lipinski definition) is 2. The normalized spacial score (nSPS) is 18.3. The van der Waals surface area contributed by atoms with E-state index >= 15 is 0 Å². The number of piperidine rings is 1. The van der Waals surface area contributed by atoms with Gasteiger partial charge < -0.3 is 11.1 Å². The van der Waals surface area contributed by atoms with Crippen molar-refractivity contribution in [3.63, 3.8) is 0 Å². The average molecular weight is 333 g/mol. The number of nitrogens with two attached hydrogens (primary N) is 1. The molecule has 128 valence electrons. The topological polar surface area (TPSA) is 67.1 Å². The number of nitrogens with one attached hydrogen (secondary N) is 1. The van der Waals surface area contributed by atoms with Crippen molar-refractivity contribution >= 4 is 22.7 Å². The molecule has 1 fully saturated rings. The van der Waals surface area contributed by atoms with E-state index in [1.807, 2.05) is 24.3 Å². The van der Waals surface area contributed by atoms with E-state index in [2.05, 4.69) is 50.5 Å². The van der Waals surface area contributed by atoms with E-state index in [4.69, 9.17) is 5.73 Å². The van der Waals surface area contributed by atoms with Crippen LogP contribution in [0.4, 0.5) is 11.8 Å². The fourth-order valence-electron chi connectivity index (χ4n) is 3.51. The number of fused-ring (bicyclic) bond motifs is 1. The van der Waals surface area contributed by atoms with Crippen LogP contribution in [0.5, 0.6) is 0 Å². The van der Waals surface area contributed by atoms with Crippen molar-refractivity contribution in [2.75, 3.05) is 24.1 Å². The van der Waals surface area contributed by atoms with Crippen LogP contribution in [0.15, 0.2) is 54.6 Å². The Labute approximate surface area is 147 Å². The van der Waals surface area contributed by atoms with E-state index < -0.39 is 0 Å². The highest BCUT2D eigenvalue weighted by atomic mass is 15.2. The van der Waals surface area contributed by atoms with Crippen molar-refractivity contribution in [2.45, 2.75) is 25.4 Å². The van der Waals surface area contributed by atoms with Gasteiger partial charge in [-0.05, 0) is 37.1 Å². The molecule has 5 heteroatoms. The molecule has 0 amide bonds. The second-order valence-electron chi connectivity index (χ2n) is 6.65. The minimum atomic E-state index is 0.345. The molecule has 0 unspecified atom stereocenters. The lowest BCUT2D eigenvalue weighted by atomic mass is 10.0. The highest BCUT2D eigenvalue weighted by molar-refractivity contribution is 5.88. The first kappa shape index (κ1) is 15.8. The molecule has 1 aliphatic rings. The largest absolute Gasteiger partial charge is 0.383 e. The summed E-state index contributed by atoms with van der Waals surface area (Å²) >= 11 is 0. The summed E-state index contributed by atoms with van der Waals surface area (Å²) in [6.07, 6.45) is 2.30. The SMILES string of the molecule is Nc1nc(N[C@H]2CCCN(Cc3ccccc3)C2)nc2ccccc12. The van der Waals surface area contributed by atoms with Gasteiger partial charge in [-0.15, -0.1) is 0 Å².